The number of hydrogen-bond acceptors (Lipinski definition) is 4. The number of sulfone groups is 1. The van der Waals surface area contributed by atoms with E-state index in [1.165, 1.54) is 0 Å². The number of anilines is 1. The molecule has 124 valence electrons. The van der Waals surface area contributed by atoms with Crippen molar-refractivity contribution in [1.29, 1.82) is 0 Å². The van der Waals surface area contributed by atoms with E-state index in [0.717, 1.165) is 36.6 Å². The van der Waals surface area contributed by atoms with Gasteiger partial charge in [0.05, 0.1) is 16.5 Å². The van der Waals surface area contributed by atoms with Gasteiger partial charge in [-0.15, -0.1) is 0 Å². The maximum absolute atomic E-state index is 11.7. The second-order valence-electron chi connectivity index (χ2n) is 6.00. The molecule has 4 nitrogen and oxygen atoms in total. The van der Waals surface area contributed by atoms with Crippen molar-refractivity contribution in [3.8, 4) is 0 Å². The summed E-state index contributed by atoms with van der Waals surface area (Å²) in [7, 11) is -2.94. The number of para-hydroxylation sites is 1. The monoisotopic (exact) mass is 344 g/mol. The summed E-state index contributed by atoms with van der Waals surface area (Å²) in [6.07, 6.45) is 2.15. The van der Waals surface area contributed by atoms with E-state index >= 15 is 0 Å². The zero-order valence-electron chi connectivity index (χ0n) is 13.3. The van der Waals surface area contributed by atoms with E-state index in [4.69, 9.17) is 11.6 Å². The van der Waals surface area contributed by atoms with E-state index in [1.54, 1.807) is 6.92 Å². The van der Waals surface area contributed by atoms with Gasteiger partial charge in [-0.1, -0.05) is 30.7 Å². The van der Waals surface area contributed by atoms with Gasteiger partial charge in [-0.05, 0) is 31.9 Å². The van der Waals surface area contributed by atoms with E-state index in [1.807, 2.05) is 31.2 Å². The molecule has 0 bridgehead atoms. The molecule has 22 heavy (non-hydrogen) atoms. The van der Waals surface area contributed by atoms with Gasteiger partial charge < -0.3 is 10.2 Å². The molecule has 1 aromatic rings. The van der Waals surface area contributed by atoms with E-state index in [-0.39, 0.29) is 17.5 Å². The van der Waals surface area contributed by atoms with Crippen LogP contribution in [-0.2, 0) is 9.84 Å². The average molecular weight is 345 g/mol. The second kappa shape index (κ2) is 7.66. The van der Waals surface area contributed by atoms with Crippen LogP contribution in [-0.4, -0.2) is 45.1 Å². The summed E-state index contributed by atoms with van der Waals surface area (Å²) >= 11 is 6.28. The molecule has 2 rings (SSSR count). The highest BCUT2D eigenvalue weighted by Crippen LogP contribution is 2.27. The third-order valence-electron chi connectivity index (χ3n) is 4.08. The van der Waals surface area contributed by atoms with Crippen molar-refractivity contribution in [3.63, 3.8) is 0 Å². The van der Waals surface area contributed by atoms with E-state index < -0.39 is 9.84 Å². The first-order valence-corrected chi connectivity index (χ1v) is 10.1. The Kier molecular flexibility index (Phi) is 6.12. The quantitative estimate of drug-likeness (QED) is 0.862. The zero-order chi connectivity index (χ0) is 16.2. The molecule has 0 amide bonds. The Morgan fingerprint density at radius 1 is 1.41 bits per heavy atom. The van der Waals surface area contributed by atoms with Crippen LogP contribution in [0.1, 0.15) is 26.7 Å². The van der Waals surface area contributed by atoms with Crippen LogP contribution in [0.3, 0.4) is 0 Å². The fraction of sp³-hybridized carbons (Fsp3) is 0.625. The summed E-state index contributed by atoms with van der Waals surface area (Å²) in [5, 5.41) is 4.23. The van der Waals surface area contributed by atoms with Crippen molar-refractivity contribution in [2.24, 2.45) is 0 Å². The van der Waals surface area contributed by atoms with Gasteiger partial charge in [0, 0.05) is 30.9 Å². The maximum atomic E-state index is 11.7. The Bertz CT molecular complexity index is 592. The smallest absolute Gasteiger partial charge is 0.151 e. The van der Waals surface area contributed by atoms with Crippen LogP contribution in [0.4, 0.5) is 5.69 Å². The Hall–Kier alpha value is -0.780. The van der Waals surface area contributed by atoms with Crippen molar-refractivity contribution in [1.82, 2.24) is 5.32 Å². The molecule has 0 radical (unpaired) electrons. The Morgan fingerprint density at radius 2 is 2.14 bits per heavy atom. The highest BCUT2D eigenvalue weighted by atomic mass is 35.5. The van der Waals surface area contributed by atoms with Crippen molar-refractivity contribution in [2.45, 2.75) is 38.8 Å². The van der Waals surface area contributed by atoms with Gasteiger partial charge in [-0.3, -0.25) is 0 Å². The summed E-state index contributed by atoms with van der Waals surface area (Å²) in [5.41, 5.74) is 1.06. The van der Waals surface area contributed by atoms with Gasteiger partial charge >= 0.3 is 0 Å². The highest BCUT2D eigenvalue weighted by Gasteiger charge is 2.24. The summed E-state index contributed by atoms with van der Waals surface area (Å²) in [4.78, 5) is 2.28. The lowest BCUT2D eigenvalue weighted by Gasteiger charge is -2.36. The van der Waals surface area contributed by atoms with Crippen LogP contribution in [0.2, 0.25) is 5.02 Å². The van der Waals surface area contributed by atoms with Gasteiger partial charge in [0.15, 0.2) is 9.84 Å². The lowest BCUT2D eigenvalue weighted by atomic mass is 10.0. The van der Waals surface area contributed by atoms with E-state index in [9.17, 15) is 8.42 Å². The molecule has 0 saturated carbocycles. The standard InChI is InChI=1S/C16H25ClN2O2S/c1-3-22(20,21)12-13(2)18-14-7-6-10-19(11-14)16-9-5-4-8-15(16)17/h4-5,8-9,13-14,18H,3,6-7,10-12H2,1-2H3. The maximum Gasteiger partial charge on any atom is 0.151 e. The van der Waals surface area contributed by atoms with E-state index in [0.29, 0.717) is 6.04 Å². The molecule has 2 unspecified atom stereocenters. The molecule has 6 heteroatoms. The van der Waals surface area contributed by atoms with Crippen molar-refractivity contribution < 1.29 is 8.42 Å². The van der Waals surface area contributed by atoms with Crippen molar-refractivity contribution in [3.05, 3.63) is 29.3 Å². The first-order chi connectivity index (χ1) is 10.4. The lowest BCUT2D eigenvalue weighted by molar-refractivity contribution is 0.394. The van der Waals surface area contributed by atoms with Crippen LogP contribution in [0, 0.1) is 0 Å². The molecule has 0 aromatic heterocycles. The minimum absolute atomic E-state index is 0.0267. The number of rotatable bonds is 6. The molecule has 1 aliphatic rings. The Morgan fingerprint density at radius 3 is 2.82 bits per heavy atom. The van der Waals surface area contributed by atoms with Crippen molar-refractivity contribution in [2.75, 3.05) is 29.5 Å². The fourth-order valence-corrected chi connectivity index (χ4v) is 4.34. The summed E-state index contributed by atoms with van der Waals surface area (Å²) < 4.78 is 23.4. The van der Waals surface area contributed by atoms with Crippen LogP contribution < -0.4 is 10.2 Å². The number of halogens is 1. The Labute approximate surface area is 138 Å². The number of benzene rings is 1. The first kappa shape index (κ1) is 17.6. The molecule has 0 spiro atoms. The molecule has 1 aliphatic heterocycles. The third-order valence-corrected chi connectivity index (χ3v) is 6.29. The van der Waals surface area contributed by atoms with E-state index in [2.05, 4.69) is 10.2 Å². The van der Waals surface area contributed by atoms with Gasteiger partial charge in [-0.2, -0.15) is 0 Å². The van der Waals surface area contributed by atoms with Crippen LogP contribution in [0.25, 0.3) is 0 Å². The van der Waals surface area contributed by atoms with Gasteiger partial charge in [0.25, 0.3) is 0 Å². The number of nitrogens with one attached hydrogen (secondary N) is 1. The molecule has 1 aromatic carbocycles. The zero-order valence-corrected chi connectivity index (χ0v) is 14.8. The molecule has 1 saturated heterocycles. The summed E-state index contributed by atoms with van der Waals surface area (Å²) in [5.74, 6) is 0.404. The Balaban J connectivity index is 1.95. The molecule has 0 aliphatic carbocycles. The minimum atomic E-state index is -2.94. The predicted molar refractivity (Wildman–Crippen MR) is 93.6 cm³/mol. The van der Waals surface area contributed by atoms with Crippen LogP contribution in [0.5, 0.6) is 0 Å². The second-order valence-corrected chi connectivity index (χ2v) is 8.81. The summed E-state index contributed by atoms with van der Waals surface area (Å²) in [6, 6.07) is 8.14. The van der Waals surface area contributed by atoms with Gasteiger partial charge in [0.1, 0.15) is 0 Å². The van der Waals surface area contributed by atoms with Crippen LogP contribution >= 0.6 is 11.6 Å². The van der Waals surface area contributed by atoms with Gasteiger partial charge in [-0.25, -0.2) is 8.42 Å². The molecule has 1 heterocycles. The molecular weight excluding hydrogens is 320 g/mol. The number of nitrogens with zero attached hydrogens (tertiary/aromatic N) is 1. The van der Waals surface area contributed by atoms with Crippen molar-refractivity contribution >= 4 is 27.1 Å². The lowest BCUT2D eigenvalue weighted by Crippen LogP contribution is -2.50. The number of hydrogen-bond donors (Lipinski definition) is 1. The molecular formula is C16H25ClN2O2S. The highest BCUT2D eigenvalue weighted by molar-refractivity contribution is 7.91. The SMILES string of the molecule is CCS(=O)(=O)CC(C)NC1CCCN(c2ccccc2Cl)C1. The van der Waals surface area contributed by atoms with Crippen LogP contribution in [0.15, 0.2) is 24.3 Å². The number of piperidine rings is 1. The largest absolute Gasteiger partial charge is 0.369 e. The minimum Gasteiger partial charge on any atom is -0.369 e. The normalized spacial score (nSPS) is 20.9. The predicted octanol–water partition coefficient (Wildman–Crippen LogP) is 2.72. The first-order valence-electron chi connectivity index (χ1n) is 7.87. The fourth-order valence-electron chi connectivity index (χ4n) is 2.99. The summed E-state index contributed by atoms with van der Waals surface area (Å²) in [6.45, 7) is 5.49. The molecule has 2 atom stereocenters. The molecule has 1 fully saturated rings. The molecule has 1 N–H and O–H groups in total. The topological polar surface area (TPSA) is 49.4 Å². The van der Waals surface area contributed by atoms with Gasteiger partial charge in [0.2, 0.25) is 0 Å². The average Bonchev–Trinajstić information content (AvgIpc) is 2.47. The third kappa shape index (κ3) is 4.86.